The van der Waals surface area contributed by atoms with Crippen molar-refractivity contribution in [3.05, 3.63) is 17.0 Å². The second-order valence-corrected chi connectivity index (χ2v) is 5.87. The van der Waals surface area contributed by atoms with Gasteiger partial charge in [0, 0.05) is 11.6 Å². The number of rotatable bonds is 6. The average Bonchev–Trinajstić information content (AvgIpc) is 3.11. The van der Waals surface area contributed by atoms with E-state index in [4.69, 9.17) is 11.6 Å². The van der Waals surface area contributed by atoms with Gasteiger partial charge in [-0.2, -0.15) is 0 Å². The number of nitrogens with zero attached hydrogens (tertiary/aromatic N) is 2. The van der Waals surface area contributed by atoms with Crippen LogP contribution in [-0.2, 0) is 0 Å². The lowest BCUT2D eigenvalue weighted by atomic mass is 10.0. The number of halogens is 1. The molecule has 1 saturated carbocycles. The van der Waals surface area contributed by atoms with Crippen LogP contribution in [0.5, 0.6) is 0 Å². The first-order valence-electron chi connectivity index (χ1n) is 6.88. The van der Waals surface area contributed by atoms with Crippen molar-refractivity contribution >= 4 is 17.4 Å². The van der Waals surface area contributed by atoms with Crippen molar-refractivity contribution in [3.63, 3.8) is 0 Å². The van der Waals surface area contributed by atoms with Gasteiger partial charge in [0.15, 0.2) is 0 Å². The van der Waals surface area contributed by atoms with Crippen molar-refractivity contribution in [2.45, 2.75) is 58.4 Å². The number of hydrogen-bond acceptors (Lipinski definition) is 3. The highest BCUT2D eigenvalue weighted by Crippen LogP contribution is 2.35. The van der Waals surface area contributed by atoms with E-state index in [-0.39, 0.29) is 0 Å². The number of nitrogens with one attached hydrogen (secondary N) is 1. The van der Waals surface area contributed by atoms with Gasteiger partial charge in [-0.3, -0.25) is 0 Å². The summed E-state index contributed by atoms with van der Waals surface area (Å²) in [6.07, 6.45) is 6.69. The normalized spacial score (nSPS) is 16.9. The van der Waals surface area contributed by atoms with Crippen molar-refractivity contribution in [2.75, 3.05) is 5.32 Å². The standard InChI is InChI=1S/C14H22ClN3/c1-4-11(7-10-5-6-10)18-14-12(9(2)3)13(15)16-8-17-14/h8-11H,4-7H2,1-3H3,(H,16,17,18). The van der Waals surface area contributed by atoms with Crippen LogP contribution in [-0.4, -0.2) is 16.0 Å². The average molecular weight is 268 g/mol. The van der Waals surface area contributed by atoms with Crippen molar-refractivity contribution in [1.29, 1.82) is 0 Å². The Balaban J connectivity index is 2.13. The van der Waals surface area contributed by atoms with Crippen LogP contribution in [0.2, 0.25) is 5.15 Å². The molecule has 1 N–H and O–H groups in total. The lowest BCUT2D eigenvalue weighted by molar-refractivity contribution is 0.583. The van der Waals surface area contributed by atoms with E-state index in [0.29, 0.717) is 17.1 Å². The van der Waals surface area contributed by atoms with Crippen LogP contribution in [0.25, 0.3) is 0 Å². The highest BCUT2D eigenvalue weighted by atomic mass is 35.5. The van der Waals surface area contributed by atoms with Crippen LogP contribution in [0.15, 0.2) is 6.33 Å². The SMILES string of the molecule is CCC(CC1CC1)Nc1ncnc(Cl)c1C(C)C. The van der Waals surface area contributed by atoms with E-state index >= 15 is 0 Å². The Bertz CT molecular complexity index is 402. The fraction of sp³-hybridized carbons (Fsp3) is 0.714. The minimum Gasteiger partial charge on any atom is -0.367 e. The second kappa shape index (κ2) is 5.87. The van der Waals surface area contributed by atoms with E-state index in [1.54, 1.807) is 6.33 Å². The van der Waals surface area contributed by atoms with Gasteiger partial charge in [0.05, 0.1) is 0 Å². The largest absolute Gasteiger partial charge is 0.367 e. The van der Waals surface area contributed by atoms with Crippen LogP contribution in [0.4, 0.5) is 5.82 Å². The fourth-order valence-corrected chi connectivity index (χ4v) is 2.63. The molecule has 1 aliphatic rings. The molecule has 0 radical (unpaired) electrons. The predicted molar refractivity (Wildman–Crippen MR) is 76.2 cm³/mol. The third-order valence-corrected chi connectivity index (χ3v) is 3.86. The summed E-state index contributed by atoms with van der Waals surface area (Å²) in [7, 11) is 0. The predicted octanol–water partition coefficient (Wildman–Crippen LogP) is 4.24. The Morgan fingerprint density at radius 1 is 1.39 bits per heavy atom. The number of anilines is 1. The molecule has 1 fully saturated rings. The van der Waals surface area contributed by atoms with E-state index in [0.717, 1.165) is 23.7 Å². The quantitative estimate of drug-likeness (QED) is 0.783. The summed E-state index contributed by atoms with van der Waals surface area (Å²) in [4.78, 5) is 8.45. The molecule has 0 amide bonds. The zero-order chi connectivity index (χ0) is 13.1. The topological polar surface area (TPSA) is 37.8 Å². The lowest BCUT2D eigenvalue weighted by Crippen LogP contribution is -2.21. The molecule has 3 nitrogen and oxygen atoms in total. The second-order valence-electron chi connectivity index (χ2n) is 5.51. The summed E-state index contributed by atoms with van der Waals surface area (Å²) >= 11 is 6.18. The molecule has 1 aromatic heterocycles. The Hall–Kier alpha value is -0.830. The zero-order valence-corrected chi connectivity index (χ0v) is 12.2. The molecule has 0 saturated heterocycles. The third kappa shape index (κ3) is 3.35. The summed E-state index contributed by atoms with van der Waals surface area (Å²) in [5.74, 6) is 2.17. The molecule has 2 rings (SSSR count). The summed E-state index contributed by atoms with van der Waals surface area (Å²) in [5, 5.41) is 4.13. The van der Waals surface area contributed by atoms with Gasteiger partial charge in [0.25, 0.3) is 0 Å². The van der Waals surface area contributed by atoms with Crippen LogP contribution >= 0.6 is 11.6 Å². The molecule has 1 heterocycles. The lowest BCUT2D eigenvalue weighted by Gasteiger charge is -2.21. The van der Waals surface area contributed by atoms with Gasteiger partial charge in [0.2, 0.25) is 0 Å². The van der Waals surface area contributed by atoms with E-state index < -0.39 is 0 Å². The first-order chi connectivity index (χ1) is 8.61. The van der Waals surface area contributed by atoms with Crippen LogP contribution in [0.3, 0.4) is 0 Å². The van der Waals surface area contributed by atoms with Crippen LogP contribution in [0, 0.1) is 5.92 Å². The molecular weight excluding hydrogens is 246 g/mol. The first-order valence-corrected chi connectivity index (χ1v) is 7.26. The Labute approximate surface area is 114 Å². The van der Waals surface area contributed by atoms with E-state index in [2.05, 4.69) is 36.1 Å². The summed E-state index contributed by atoms with van der Waals surface area (Å²) in [6, 6.07) is 0.501. The van der Waals surface area contributed by atoms with Crippen molar-refractivity contribution in [3.8, 4) is 0 Å². The minimum atomic E-state index is 0.333. The smallest absolute Gasteiger partial charge is 0.138 e. The maximum absolute atomic E-state index is 6.18. The summed E-state index contributed by atoms with van der Waals surface area (Å²) < 4.78 is 0. The zero-order valence-electron chi connectivity index (χ0n) is 11.4. The molecule has 1 aliphatic carbocycles. The van der Waals surface area contributed by atoms with Gasteiger partial charge in [-0.05, 0) is 24.7 Å². The number of aromatic nitrogens is 2. The molecule has 1 aromatic rings. The molecule has 0 bridgehead atoms. The van der Waals surface area contributed by atoms with Crippen molar-refractivity contribution in [2.24, 2.45) is 5.92 Å². The van der Waals surface area contributed by atoms with Gasteiger partial charge in [-0.25, -0.2) is 9.97 Å². The first kappa shape index (κ1) is 13.6. The molecule has 100 valence electrons. The maximum Gasteiger partial charge on any atom is 0.138 e. The molecule has 1 atom stereocenters. The Morgan fingerprint density at radius 3 is 2.67 bits per heavy atom. The molecule has 18 heavy (non-hydrogen) atoms. The van der Waals surface area contributed by atoms with Gasteiger partial charge in [-0.15, -0.1) is 0 Å². The van der Waals surface area contributed by atoms with Gasteiger partial charge >= 0.3 is 0 Å². The molecule has 0 spiro atoms. The van der Waals surface area contributed by atoms with E-state index in [1.807, 2.05) is 0 Å². The van der Waals surface area contributed by atoms with Crippen molar-refractivity contribution in [1.82, 2.24) is 9.97 Å². The van der Waals surface area contributed by atoms with Crippen LogP contribution in [0.1, 0.15) is 57.9 Å². The fourth-order valence-electron chi connectivity index (χ4n) is 2.28. The number of hydrogen-bond donors (Lipinski definition) is 1. The highest BCUT2D eigenvalue weighted by molar-refractivity contribution is 6.30. The minimum absolute atomic E-state index is 0.333. The third-order valence-electron chi connectivity index (χ3n) is 3.56. The molecule has 4 heteroatoms. The monoisotopic (exact) mass is 267 g/mol. The summed E-state index contributed by atoms with van der Waals surface area (Å²) in [5.41, 5.74) is 1.04. The Morgan fingerprint density at radius 2 is 2.11 bits per heavy atom. The maximum atomic E-state index is 6.18. The molecule has 0 aromatic carbocycles. The highest BCUT2D eigenvalue weighted by Gasteiger charge is 2.25. The molecule has 1 unspecified atom stereocenters. The molecular formula is C14H22ClN3. The van der Waals surface area contributed by atoms with Gasteiger partial charge < -0.3 is 5.32 Å². The van der Waals surface area contributed by atoms with E-state index in [1.165, 1.54) is 19.3 Å². The van der Waals surface area contributed by atoms with Gasteiger partial charge in [-0.1, -0.05) is 45.2 Å². The van der Waals surface area contributed by atoms with Crippen molar-refractivity contribution < 1.29 is 0 Å². The summed E-state index contributed by atoms with van der Waals surface area (Å²) in [6.45, 7) is 6.47. The Kier molecular flexibility index (Phi) is 4.44. The van der Waals surface area contributed by atoms with E-state index in [9.17, 15) is 0 Å². The van der Waals surface area contributed by atoms with Crippen LogP contribution < -0.4 is 5.32 Å². The molecule has 0 aliphatic heterocycles. The van der Waals surface area contributed by atoms with Gasteiger partial charge in [0.1, 0.15) is 17.3 Å².